The Bertz CT molecular complexity index is 1760. The first-order valence-corrected chi connectivity index (χ1v) is 18.4. The van der Waals surface area contributed by atoms with Gasteiger partial charge in [-0.05, 0) is 77.8 Å². The monoisotopic (exact) mass is 677 g/mol. The summed E-state index contributed by atoms with van der Waals surface area (Å²) in [6.45, 7) is 8.90. The molecule has 2 aromatic heterocycles. The largest absolute Gasteiger partial charge is 0.481 e. The van der Waals surface area contributed by atoms with Crippen molar-refractivity contribution in [3.8, 4) is 22.4 Å². The molecule has 7 nitrogen and oxygen atoms in total. The number of likely N-dealkylation sites (tertiary alicyclic amines) is 1. The highest BCUT2D eigenvalue weighted by Gasteiger charge is 2.39. The molecule has 1 saturated carbocycles. The third kappa shape index (κ3) is 8.13. The minimum atomic E-state index is -0.909. The summed E-state index contributed by atoms with van der Waals surface area (Å²) in [5.41, 5.74) is 6.30. The van der Waals surface area contributed by atoms with Crippen molar-refractivity contribution in [3.63, 3.8) is 0 Å². The Morgan fingerprint density at radius 1 is 0.878 bits per heavy atom. The lowest BCUT2D eigenvalue weighted by atomic mass is 9.78. The Hall–Kier alpha value is -4.30. The molecule has 2 aliphatic rings. The molecule has 0 radical (unpaired) electrons. The van der Waals surface area contributed by atoms with Gasteiger partial charge in [0, 0.05) is 41.7 Å². The fraction of sp³-hybridized carbons (Fsp3) is 0.415. The molecule has 6 rings (SSSR count). The molecule has 1 aliphatic carbocycles. The molecule has 0 bridgehead atoms. The normalized spacial score (nSPS) is 18.8. The number of amides is 2. The van der Waals surface area contributed by atoms with Crippen molar-refractivity contribution in [2.75, 3.05) is 13.1 Å². The lowest BCUT2D eigenvalue weighted by Crippen LogP contribution is -2.59. The van der Waals surface area contributed by atoms with Gasteiger partial charge in [-0.1, -0.05) is 88.7 Å². The van der Waals surface area contributed by atoms with Crippen LogP contribution in [0.15, 0.2) is 79.0 Å². The van der Waals surface area contributed by atoms with Crippen molar-refractivity contribution in [1.29, 1.82) is 0 Å². The standard InChI is InChI=1S/C41H47N3O4S/c1-5-26-6-10-28(11-7-26)29-14-16-30(17-15-29)32-18-19-34(42-23-32)31-12-8-27(9-13-31)22-35(39(46)44-24-33(25-44)40(47)48)43-38(45)36-20-21-37(49-36)41(2,3)4/h8-9,12-21,23,26,28,33,35H,5-7,10-11,22,24-25H2,1-4H3,(H,43,45)(H,47,48)/t26?,28?,35-/m0/s1. The van der Waals surface area contributed by atoms with Gasteiger partial charge in [-0.3, -0.25) is 19.4 Å². The van der Waals surface area contributed by atoms with Crippen molar-refractivity contribution in [1.82, 2.24) is 15.2 Å². The van der Waals surface area contributed by atoms with E-state index in [1.54, 1.807) is 6.07 Å². The summed E-state index contributed by atoms with van der Waals surface area (Å²) >= 11 is 1.42. The van der Waals surface area contributed by atoms with Crippen LogP contribution in [0.5, 0.6) is 0 Å². The first-order valence-electron chi connectivity index (χ1n) is 17.6. The van der Waals surface area contributed by atoms with E-state index in [2.05, 4.69) is 63.3 Å². The van der Waals surface area contributed by atoms with Gasteiger partial charge in [0.1, 0.15) is 6.04 Å². The zero-order valence-corrected chi connectivity index (χ0v) is 29.8. The maximum absolute atomic E-state index is 13.5. The van der Waals surface area contributed by atoms with Crippen molar-refractivity contribution in [3.05, 3.63) is 99.9 Å². The number of carboxylic acid groups (broad SMARTS) is 1. The highest BCUT2D eigenvalue weighted by atomic mass is 32.1. The predicted octanol–water partition coefficient (Wildman–Crippen LogP) is 8.34. The Labute approximate surface area is 293 Å². The Morgan fingerprint density at radius 2 is 1.53 bits per heavy atom. The van der Waals surface area contributed by atoms with Crippen LogP contribution in [0.1, 0.15) is 91.4 Å². The summed E-state index contributed by atoms with van der Waals surface area (Å²) in [5.74, 6) is -0.477. The third-order valence-corrected chi connectivity index (χ3v) is 11.8. The van der Waals surface area contributed by atoms with E-state index in [4.69, 9.17) is 4.98 Å². The quantitative estimate of drug-likeness (QED) is 0.176. The molecular formula is C41H47N3O4S. The van der Waals surface area contributed by atoms with Gasteiger partial charge in [-0.15, -0.1) is 11.3 Å². The fourth-order valence-corrected chi connectivity index (χ4v) is 7.93. The second kappa shape index (κ2) is 14.7. The third-order valence-electron chi connectivity index (χ3n) is 10.3. The maximum Gasteiger partial charge on any atom is 0.310 e. The fourth-order valence-electron chi connectivity index (χ4n) is 6.96. The van der Waals surface area contributed by atoms with Gasteiger partial charge in [0.25, 0.3) is 5.91 Å². The summed E-state index contributed by atoms with van der Waals surface area (Å²) in [7, 11) is 0. The zero-order chi connectivity index (χ0) is 34.7. The summed E-state index contributed by atoms with van der Waals surface area (Å²) in [5, 5.41) is 12.3. The van der Waals surface area contributed by atoms with E-state index in [9.17, 15) is 19.5 Å². The van der Waals surface area contributed by atoms with Crippen LogP contribution in [-0.4, -0.2) is 51.9 Å². The van der Waals surface area contributed by atoms with Gasteiger partial charge in [0.15, 0.2) is 0 Å². The predicted molar refractivity (Wildman–Crippen MR) is 196 cm³/mol. The smallest absolute Gasteiger partial charge is 0.310 e. The molecule has 8 heteroatoms. The number of carboxylic acids is 1. The first-order chi connectivity index (χ1) is 23.5. The number of thiophene rings is 1. The molecule has 49 heavy (non-hydrogen) atoms. The average molecular weight is 678 g/mol. The van der Waals surface area contributed by atoms with Gasteiger partial charge < -0.3 is 15.3 Å². The molecule has 4 aromatic rings. The molecule has 2 fully saturated rings. The Morgan fingerprint density at radius 3 is 2.10 bits per heavy atom. The van der Waals surface area contributed by atoms with Gasteiger partial charge in [-0.2, -0.15) is 0 Å². The van der Waals surface area contributed by atoms with E-state index in [0.29, 0.717) is 17.2 Å². The van der Waals surface area contributed by atoms with Gasteiger partial charge in [0.2, 0.25) is 5.91 Å². The van der Waals surface area contributed by atoms with Crippen molar-refractivity contribution >= 4 is 29.1 Å². The lowest BCUT2D eigenvalue weighted by molar-refractivity contribution is -0.153. The number of carbonyl (C=O) groups is 3. The molecule has 1 saturated heterocycles. The molecule has 3 heterocycles. The molecule has 1 aliphatic heterocycles. The van der Waals surface area contributed by atoms with Gasteiger partial charge in [-0.25, -0.2) is 0 Å². The van der Waals surface area contributed by atoms with Crippen molar-refractivity contribution < 1.29 is 19.5 Å². The van der Waals surface area contributed by atoms with Gasteiger partial charge >= 0.3 is 5.97 Å². The number of aliphatic carboxylic acids is 1. The molecule has 0 unspecified atom stereocenters. The van der Waals surface area contributed by atoms with Crippen LogP contribution >= 0.6 is 11.3 Å². The van der Waals surface area contributed by atoms with Crippen LogP contribution in [0.3, 0.4) is 0 Å². The summed E-state index contributed by atoms with van der Waals surface area (Å²) in [6, 6.07) is 24.0. The summed E-state index contributed by atoms with van der Waals surface area (Å²) in [6.07, 6.45) is 8.76. The number of nitrogens with one attached hydrogen (secondary N) is 1. The van der Waals surface area contributed by atoms with Crippen molar-refractivity contribution in [2.24, 2.45) is 11.8 Å². The molecular weight excluding hydrogens is 631 g/mol. The van der Waals surface area contributed by atoms with Crippen LogP contribution in [0, 0.1) is 11.8 Å². The number of benzene rings is 2. The first kappa shape index (κ1) is 34.6. The second-order valence-electron chi connectivity index (χ2n) is 14.8. The SMILES string of the molecule is CCC1CCC(c2ccc(-c3ccc(-c4ccc(C[C@H](NC(=O)c5ccc(C(C)(C)C)s5)C(=O)N5CC(C(=O)O)C5)cc4)nc3)cc2)CC1. The number of rotatable bonds is 10. The molecule has 1 atom stereocenters. The number of hydrogen-bond donors (Lipinski definition) is 2. The zero-order valence-electron chi connectivity index (χ0n) is 28.9. The Kier molecular flexibility index (Phi) is 10.3. The van der Waals surface area contributed by atoms with Crippen LogP contribution in [-0.2, 0) is 21.4 Å². The molecule has 256 valence electrons. The molecule has 2 N–H and O–H groups in total. The van der Waals surface area contributed by atoms with E-state index in [1.807, 2.05) is 42.6 Å². The van der Waals surface area contributed by atoms with Crippen LogP contribution < -0.4 is 5.32 Å². The van der Waals surface area contributed by atoms with E-state index >= 15 is 0 Å². The Balaban J connectivity index is 1.11. The number of hydrogen-bond acceptors (Lipinski definition) is 5. The summed E-state index contributed by atoms with van der Waals surface area (Å²) in [4.78, 5) is 46.1. The number of carbonyl (C=O) groups excluding carboxylic acids is 2. The van der Waals surface area contributed by atoms with Crippen LogP contribution in [0.2, 0.25) is 0 Å². The van der Waals surface area contributed by atoms with E-state index in [-0.39, 0.29) is 30.3 Å². The minimum Gasteiger partial charge on any atom is -0.481 e. The minimum absolute atomic E-state index is 0.0860. The number of pyridine rings is 1. The second-order valence-corrected chi connectivity index (χ2v) is 15.9. The highest BCUT2D eigenvalue weighted by molar-refractivity contribution is 7.14. The van der Waals surface area contributed by atoms with Crippen LogP contribution in [0.25, 0.3) is 22.4 Å². The highest BCUT2D eigenvalue weighted by Crippen LogP contribution is 2.37. The molecule has 2 aromatic carbocycles. The maximum atomic E-state index is 13.5. The van der Waals surface area contributed by atoms with E-state index in [0.717, 1.165) is 38.7 Å². The molecule has 0 spiro atoms. The topological polar surface area (TPSA) is 99.6 Å². The number of aromatic nitrogens is 1. The number of nitrogens with zero attached hydrogens (tertiary/aromatic N) is 2. The lowest BCUT2D eigenvalue weighted by Gasteiger charge is -2.38. The summed E-state index contributed by atoms with van der Waals surface area (Å²) < 4.78 is 0. The average Bonchev–Trinajstić information content (AvgIpc) is 3.60. The van der Waals surface area contributed by atoms with Gasteiger partial charge in [0.05, 0.1) is 16.5 Å². The molecule has 2 amide bonds. The van der Waals surface area contributed by atoms with Crippen LogP contribution in [0.4, 0.5) is 0 Å². The van der Waals surface area contributed by atoms with E-state index in [1.165, 1.54) is 53.9 Å². The van der Waals surface area contributed by atoms with E-state index < -0.39 is 17.9 Å². The van der Waals surface area contributed by atoms with Crippen molar-refractivity contribution in [2.45, 2.75) is 83.6 Å².